The summed E-state index contributed by atoms with van der Waals surface area (Å²) in [6.45, 7) is 6.88. The van der Waals surface area contributed by atoms with E-state index in [1.54, 1.807) is 0 Å². The van der Waals surface area contributed by atoms with Crippen molar-refractivity contribution in [2.75, 3.05) is 0 Å². The highest BCUT2D eigenvalue weighted by Crippen LogP contribution is 2.13. The molecule has 0 radical (unpaired) electrons. The van der Waals surface area contributed by atoms with Gasteiger partial charge in [0.25, 0.3) is 0 Å². The minimum atomic E-state index is -0.159. The molecule has 0 fully saturated rings. The minimum Gasteiger partial charge on any atom is -0.353 e. The molecular weight excluding hydrogens is 152 g/mol. The molecule has 1 rings (SSSR count). The Labute approximate surface area is 70.3 Å². The predicted octanol–water partition coefficient (Wildman–Crippen LogP) is 0.668. The number of nitrogens with one attached hydrogen (secondary N) is 1. The van der Waals surface area contributed by atoms with Crippen molar-refractivity contribution in [2.24, 2.45) is 5.92 Å². The molecule has 0 aliphatic carbocycles. The maximum Gasteiger partial charge on any atom is 0.103 e. The zero-order valence-corrected chi connectivity index (χ0v) is 8.88. The van der Waals surface area contributed by atoms with Crippen LogP contribution in [0, 0.1) is 5.92 Å². The van der Waals surface area contributed by atoms with Crippen LogP contribution in [0.4, 0.5) is 0 Å². The second-order valence-corrected chi connectivity index (χ2v) is 5.83. The van der Waals surface area contributed by atoms with Crippen LogP contribution in [-0.4, -0.2) is 19.5 Å². The van der Waals surface area contributed by atoms with Crippen molar-refractivity contribution < 1.29 is 0 Å². The van der Waals surface area contributed by atoms with Crippen molar-refractivity contribution >= 4 is 15.0 Å². The standard InChI is InChI=1S/C8H16N2Si/c1-6(2)7(3)11-8-9-4-5-10-8/h4-7H,11H2,1-3H3,(H,9,10)/t7-/m0/s1. The first-order chi connectivity index (χ1) is 5.20. The Hall–Kier alpha value is -0.573. The molecule has 0 aliphatic heterocycles. The van der Waals surface area contributed by atoms with Crippen LogP contribution in [0.25, 0.3) is 0 Å². The van der Waals surface area contributed by atoms with Gasteiger partial charge in [0.2, 0.25) is 0 Å². The van der Waals surface area contributed by atoms with Crippen LogP contribution in [0.5, 0.6) is 0 Å². The maximum atomic E-state index is 4.24. The highest BCUT2D eigenvalue weighted by atomic mass is 28.2. The molecule has 11 heavy (non-hydrogen) atoms. The Morgan fingerprint density at radius 2 is 2.18 bits per heavy atom. The van der Waals surface area contributed by atoms with E-state index in [2.05, 4.69) is 30.7 Å². The van der Waals surface area contributed by atoms with Crippen molar-refractivity contribution in [2.45, 2.75) is 26.3 Å². The molecule has 0 saturated carbocycles. The summed E-state index contributed by atoms with van der Waals surface area (Å²) in [6.07, 6.45) is 3.75. The second kappa shape index (κ2) is 3.71. The molecule has 0 unspecified atom stereocenters. The van der Waals surface area contributed by atoms with Crippen molar-refractivity contribution in [3.8, 4) is 0 Å². The fourth-order valence-electron chi connectivity index (χ4n) is 0.950. The summed E-state index contributed by atoms with van der Waals surface area (Å²) in [5, 5.41) is 0. The van der Waals surface area contributed by atoms with Crippen LogP contribution < -0.4 is 5.45 Å². The van der Waals surface area contributed by atoms with Gasteiger partial charge in [-0.1, -0.05) is 20.8 Å². The Balaban J connectivity index is 2.43. The molecule has 3 heteroatoms. The first kappa shape index (κ1) is 8.52. The third-order valence-electron chi connectivity index (χ3n) is 2.21. The molecule has 0 amide bonds. The molecule has 0 bridgehead atoms. The van der Waals surface area contributed by atoms with Gasteiger partial charge in [-0.15, -0.1) is 0 Å². The average molecular weight is 168 g/mol. The Bertz CT molecular complexity index is 194. The fraction of sp³-hybridized carbons (Fsp3) is 0.625. The molecule has 0 aromatic carbocycles. The number of hydrogen-bond donors (Lipinski definition) is 1. The van der Waals surface area contributed by atoms with Crippen molar-refractivity contribution in [1.82, 2.24) is 9.97 Å². The second-order valence-electron chi connectivity index (χ2n) is 3.46. The fourth-order valence-corrected chi connectivity index (χ4v) is 2.48. The number of H-pyrrole nitrogens is 1. The molecule has 1 atom stereocenters. The zero-order valence-electron chi connectivity index (χ0n) is 7.46. The number of hydrogen-bond acceptors (Lipinski definition) is 1. The Morgan fingerprint density at radius 3 is 2.64 bits per heavy atom. The summed E-state index contributed by atoms with van der Waals surface area (Å²) < 4.78 is 0. The first-order valence-electron chi connectivity index (χ1n) is 4.18. The SMILES string of the molecule is CC(C)[C@H](C)[SiH2]c1ncc[nH]1. The van der Waals surface area contributed by atoms with E-state index in [0.29, 0.717) is 0 Å². The summed E-state index contributed by atoms with van der Waals surface area (Å²) in [5.74, 6) is 0.798. The molecule has 1 N–H and O–H groups in total. The van der Waals surface area contributed by atoms with Crippen LogP contribution in [-0.2, 0) is 0 Å². The normalized spacial score (nSPS) is 14.9. The van der Waals surface area contributed by atoms with Gasteiger partial charge in [-0.3, -0.25) is 0 Å². The lowest BCUT2D eigenvalue weighted by atomic mass is 10.1. The van der Waals surface area contributed by atoms with Gasteiger partial charge in [0.1, 0.15) is 9.52 Å². The summed E-state index contributed by atoms with van der Waals surface area (Å²) in [4.78, 5) is 7.42. The molecule has 2 nitrogen and oxygen atoms in total. The highest BCUT2D eigenvalue weighted by molar-refractivity contribution is 6.52. The van der Waals surface area contributed by atoms with Crippen LogP contribution in [0.1, 0.15) is 20.8 Å². The van der Waals surface area contributed by atoms with Crippen molar-refractivity contribution in [3.05, 3.63) is 12.4 Å². The van der Waals surface area contributed by atoms with E-state index in [1.807, 2.05) is 12.4 Å². The number of imidazole rings is 1. The van der Waals surface area contributed by atoms with Crippen molar-refractivity contribution in [1.29, 1.82) is 0 Å². The largest absolute Gasteiger partial charge is 0.353 e. The summed E-state index contributed by atoms with van der Waals surface area (Å²) >= 11 is 0. The van der Waals surface area contributed by atoms with Gasteiger partial charge in [0.15, 0.2) is 0 Å². The monoisotopic (exact) mass is 168 g/mol. The Morgan fingerprint density at radius 1 is 1.45 bits per heavy atom. The number of rotatable bonds is 3. The van der Waals surface area contributed by atoms with Crippen LogP contribution in [0.3, 0.4) is 0 Å². The number of aromatic amines is 1. The molecule has 62 valence electrons. The quantitative estimate of drug-likeness (QED) is 0.660. The summed E-state index contributed by atoms with van der Waals surface area (Å²) in [7, 11) is -0.159. The Kier molecular flexibility index (Phi) is 2.88. The van der Waals surface area contributed by atoms with E-state index in [0.717, 1.165) is 11.5 Å². The van der Waals surface area contributed by atoms with E-state index in [4.69, 9.17) is 0 Å². The third-order valence-corrected chi connectivity index (χ3v) is 4.57. The molecule has 1 aromatic rings. The van der Waals surface area contributed by atoms with Gasteiger partial charge >= 0.3 is 0 Å². The van der Waals surface area contributed by atoms with Crippen LogP contribution >= 0.6 is 0 Å². The number of nitrogens with zero attached hydrogens (tertiary/aromatic N) is 1. The molecule has 1 heterocycles. The molecule has 1 aromatic heterocycles. The van der Waals surface area contributed by atoms with E-state index < -0.39 is 0 Å². The lowest BCUT2D eigenvalue weighted by molar-refractivity contribution is 0.621. The van der Waals surface area contributed by atoms with E-state index in [1.165, 1.54) is 5.45 Å². The summed E-state index contributed by atoms with van der Waals surface area (Å²) in [6, 6.07) is 0. The van der Waals surface area contributed by atoms with E-state index >= 15 is 0 Å². The highest BCUT2D eigenvalue weighted by Gasteiger charge is 2.09. The lowest BCUT2D eigenvalue weighted by Crippen LogP contribution is -2.24. The van der Waals surface area contributed by atoms with E-state index in [-0.39, 0.29) is 9.52 Å². The number of aromatic nitrogens is 2. The van der Waals surface area contributed by atoms with Gasteiger partial charge in [-0.2, -0.15) is 0 Å². The van der Waals surface area contributed by atoms with Crippen LogP contribution in [0.15, 0.2) is 12.4 Å². The zero-order chi connectivity index (χ0) is 8.27. The smallest absolute Gasteiger partial charge is 0.103 e. The minimum absolute atomic E-state index is 0.159. The van der Waals surface area contributed by atoms with Crippen LogP contribution in [0.2, 0.25) is 5.54 Å². The third kappa shape index (κ3) is 2.50. The van der Waals surface area contributed by atoms with Gasteiger partial charge < -0.3 is 4.98 Å². The first-order valence-corrected chi connectivity index (χ1v) is 5.70. The van der Waals surface area contributed by atoms with E-state index in [9.17, 15) is 0 Å². The predicted molar refractivity (Wildman–Crippen MR) is 51.0 cm³/mol. The molecule has 0 aliphatic rings. The molecular formula is C8H16N2Si. The average Bonchev–Trinajstić information content (AvgIpc) is 2.39. The van der Waals surface area contributed by atoms with Gasteiger partial charge in [-0.05, 0) is 11.5 Å². The van der Waals surface area contributed by atoms with Gasteiger partial charge in [-0.25, -0.2) is 4.98 Å². The van der Waals surface area contributed by atoms with Crippen molar-refractivity contribution in [3.63, 3.8) is 0 Å². The summed E-state index contributed by atoms with van der Waals surface area (Å²) in [5.41, 5.74) is 2.09. The van der Waals surface area contributed by atoms with Gasteiger partial charge in [0.05, 0.1) is 5.45 Å². The molecule has 0 spiro atoms. The van der Waals surface area contributed by atoms with Gasteiger partial charge in [0, 0.05) is 12.4 Å². The topological polar surface area (TPSA) is 28.7 Å². The molecule has 0 saturated heterocycles. The maximum absolute atomic E-state index is 4.24. The lowest BCUT2D eigenvalue weighted by Gasteiger charge is -2.12.